The van der Waals surface area contributed by atoms with Crippen molar-refractivity contribution in [3.05, 3.63) is 132 Å². The minimum Gasteiger partial charge on any atom is -0.364 e. The monoisotopic (exact) mass is 412 g/mol. The average Bonchev–Trinajstić information content (AvgIpc) is 3.24. The summed E-state index contributed by atoms with van der Waals surface area (Å²) in [6.45, 7) is 0. The van der Waals surface area contributed by atoms with Gasteiger partial charge in [0.25, 0.3) is 0 Å². The quantitative estimate of drug-likeness (QED) is 0.355. The smallest absolute Gasteiger partial charge is 0.303 e. The summed E-state index contributed by atoms with van der Waals surface area (Å²) in [4.78, 5) is 0. The highest BCUT2D eigenvalue weighted by Gasteiger charge is 2.65. The van der Waals surface area contributed by atoms with Crippen LogP contribution in [0.15, 0.2) is 121 Å². The number of benzene rings is 4. The molecule has 1 unspecified atom stereocenters. The third-order valence-corrected chi connectivity index (χ3v) is 11.7. The molecule has 2 nitrogen and oxygen atoms in total. The zero-order valence-corrected chi connectivity index (χ0v) is 17.9. The Bertz CT molecular complexity index is 905. The van der Waals surface area contributed by atoms with Gasteiger partial charge in [0.2, 0.25) is 0 Å². The molecule has 1 heterocycles. The Hall–Kier alpha value is -2.55. The van der Waals surface area contributed by atoms with Gasteiger partial charge in [-0.3, -0.25) is 0 Å². The maximum Gasteiger partial charge on any atom is 0.303 e. The molecule has 0 radical (unpaired) electrons. The molecule has 1 fully saturated rings. The lowest BCUT2D eigenvalue weighted by Gasteiger charge is -2.41. The van der Waals surface area contributed by atoms with Gasteiger partial charge in [0.15, 0.2) is 5.22 Å². The number of hydrogen-bond donors (Lipinski definition) is 0. The highest BCUT2D eigenvalue weighted by molar-refractivity contribution is 7.33. The summed E-state index contributed by atoms with van der Waals surface area (Å²) in [7, 11) is -2.88. The van der Waals surface area contributed by atoms with E-state index in [9.17, 15) is 0 Å². The van der Waals surface area contributed by atoms with Crippen molar-refractivity contribution in [1.82, 2.24) is 0 Å². The Labute approximate surface area is 174 Å². The van der Waals surface area contributed by atoms with E-state index in [1.807, 2.05) is 0 Å². The average molecular weight is 413 g/mol. The Morgan fingerprint density at radius 3 is 1.31 bits per heavy atom. The predicted octanol–water partition coefficient (Wildman–Crippen LogP) is 4.78. The van der Waals surface area contributed by atoms with Crippen LogP contribution in [0.4, 0.5) is 0 Å². The van der Waals surface area contributed by atoms with Crippen LogP contribution in [-0.2, 0) is 14.0 Å². The Morgan fingerprint density at radius 2 is 0.897 bits per heavy atom. The molecule has 0 N–H and O–H groups in total. The molecule has 0 aliphatic carbocycles. The van der Waals surface area contributed by atoms with Crippen molar-refractivity contribution in [2.45, 2.75) is 5.22 Å². The SMILES string of the molecule is c1ccc(C2(c3ccccc3)OPO[Si]2(c2ccccc2)c2ccccc2)cc1. The lowest BCUT2D eigenvalue weighted by atomic mass is 10.0. The molecule has 0 aromatic heterocycles. The van der Waals surface area contributed by atoms with Gasteiger partial charge in [0.05, 0.1) is 0 Å². The second kappa shape index (κ2) is 7.70. The highest BCUT2D eigenvalue weighted by atomic mass is 31.1. The fourth-order valence-electron chi connectivity index (χ4n) is 4.36. The Morgan fingerprint density at radius 1 is 0.517 bits per heavy atom. The molecule has 142 valence electrons. The van der Waals surface area contributed by atoms with Crippen molar-refractivity contribution < 1.29 is 8.74 Å². The molecule has 0 spiro atoms. The van der Waals surface area contributed by atoms with Crippen molar-refractivity contribution in [2.24, 2.45) is 0 Å². The molecule has 4 heteroatoms. The standard InChI is InChI=1S/C25H21O2PSi/c1-5-13-21(14-6-1)25(22-15-7-2-8-16-22)26-28-27-29(25,23-17-9-3-10-18-23)24-19-11-4-12-20-24/h1-20,28H. The van der Waals surface area contributed by atoms with E-state index in [2.05, 4.69) is 121 Å². The molecule has 1 aliphatic rings. The van der Waals surface area contributed by atoms with Gasteiger partial charge in [-0.1, -0.05) is 121 Å². The number of rotatable bonds is 4. The zero-order chi connectivity index (χ0) is 19.6. The molecule has 5 rings (SSSR count). The van der Waals surface area contributed by atoms with Gasteiger partial charge in [0, 0.05) is 0 Å². The van der Waals surface area contributed by atoms with Crippen molar-refractivity contribution in [3.8, 4) is 0 Å². The van der Waals surface area contributed by atoms with Crippen molar-refractivity contribution in [1.29, 1.82) is 0 Å². The van der Waals surface area contributed by atoms with Crippen LogP contribution < -0.4 is 10.4 Å². The van der Waals surface area contributed by atoms with Gasteiger partial charge < -0.3 is 8.74 Å². The van der Waals surface area contributed by atoms with Crippen molar-refractivity contribution in [2.75, 3.05) is 0 Å². The summed E-state index contributed by atoms with van der Waals surface area (Å²) in [5, 5.41) is 1.75. The summed E-state index contributed by atoms with van der Waals surface area (Å²) < 4.78 is 13.5. The normalized spacial score (nSPS) is 17.9. The minimum absolute atomic E-state index is 0.0248. The first kappa shape index (κ1) is 18.5. The van der Waals surface area contributed by atoms with Crippen LogP contribution in [0.1, 0.15) is 11.1 Å². The first-order valence-corrected chi connectivity index (χ1v) is 12.4. The molecule has 4 aromatic rings. The molecule has 1 aliphatic heterocycles. The maximum atomic E-state index is 6.78. The first-order valence-electron chi connectivity index (χ1n) is 9.71. The molecule has 0 bridgehead atoms. The van der Waals surface area contributed by atoms with Crippen LogP contribution in [0.25, 0.3) is 0 Å². The maximum absolute atomic E-state index is 6.78. The summed E-state index contributed by atoms with van der Waals surface area (Å²) in [5.74, 6) is 0. The zero-order valence-electron chi connectivity index (χ0n) is 15.9. The Balaban J connectivity index is 1.90. The third kappa shape index (κ3) is 2.82. The van der Waals surface area contributed by atoms with E-state index >= 15 is 0 Å². The van der Waals surface area contributed by atoms with Crippen LogP contribution in [0, 0.1) is 0 Å². The summed E-state index contributed by atoms with van der Waals surface area (Å²) in [5.41, 5.74) is 2.27. The lowest BCUT2D eigenvalue weighted by Crippen LogP contribution is -2.71. The van der Waals surface area contributed by atoms with Crippen LogP contribution in [0.2, 0.25) is 0 Å². The minimum atomic E-state index is -2.86. The fraction of sp³-hybridized carbons (Fsp3) is 0.0400. The predicted molar refractivity (Wildman–Crippen MR) is 122 cm³/mol. The van der Waals surface area contributed by atoms with Gasteiger partial charge in [0.1, 0.15) is 9.03 Å². The van der Waals surface area contributed by atoms with Crippen LogP contribution >= 0.6 is 9.03 Å². The van der Waals surface area contributed by atoms with E-state index in [0.717, 1.165) is 11.1 Å². The second-order valence-corrected chi connectivity index (χ2v) is 11.5. The lowest BCUT2D eigenvalue weighted by molar-refractivity contribution is 0.235. The molecule has 4 aromatic carbocycles. The van der Waals surface area contributed by atoms with E-state index in [1.165, 1.54) is 10.4 Å². The fourth-order valence-corrected chi connectivity index (χ4v) is 11.2. The molecule has 0 amide bonds. The topological polar surface area (TPSA) is 18.5 Å². The second-order valence-electron chi connectivity index (χ2n) is 7.11. The van der Waals surface area contributed by atoms with Gasteiger partial charge >= 0.3 is 8.32 Å². The number of hydrogen-bond acceptors (Lipinski definition) is 2. The van der Waals surface area contributed by atoms with E-state index in [4.69, 9.17) is 8.74 Å². The highest BCUT2D eigenvalue weighted by Crippen LogP contribution is 2.53. The molecule has 29 heavy (non-hydrogen) atoms. The van der Waals surface area contributed by atoms with Gasteiger partial charge in [-0.2, -0.15) is 0 Å². The first-order chi connectivity index (χ1) is 14.4. The van der Waals surface area contributed by atoms with E-state index in [1.54, 1.807) is 0 Å². The van der Waals surface area contributed by atoms with Gasteiger partial charge in [-0.05, 0) is 21.5 Å². The van der Waals surface area contributed by atoms with E-state index in [0.29, 0.717) is 0 Å². The van der Waals surface area contributed by atoms with Crippen LogP contribution in [-0.4, -0.2) is 8.32 Å². The van der Waals surface area contributed by atoms with Crippen LogP contribution in [0.5, 0.6) is 0 Å². The molecule has 1 atom stereocenters. The van der Waals surface area contributed by atoms with E-state index in [-0.39, 0.29) is 9.03 Å². The molecular formula is C25H21O2PSi. The summed E-state index contributed by atoms with van der Waals surface area (Å²) in [6, 6.07) is 42.4. The molecule has 1 saturated heterocycles. The Kier molecular flexibility index (Phi) is 4.90. The van der Waals surface area contributed by atoms with Gasteiger partial charge in [-0.15, -0.1) is 0 Å². The van der Waals surface area contributed by atoms with Gasteiger partial charge in [-0.25, -0.2) is 0 Å². The molecule has 0 saturated carbocycles. The summed E-state index contributed by atoms with van der Waals surface area (Å²) >= 11 is 0. The summed E-state index contributed by atoms with van der Waals surface area (Å²) in [6.07, 6.45) is 0. The van der Waals surface area contributed by atoms with Crippen LogP contribution in [0.3, 0.4) is 0 Å². The largest absolute Gasteiger partial charge is 0.364 e. The van der Waals surface area contributed by atoms with Crippen molar-refractivity contribution >= 4 is 27.7 Å². The third-order valence-electron chi connectivity index (χ3n) is 5.61. The van der Waals surface area contributed by atoms with E-state index < -0.39 is 13.5 Å². The van der Waals surface area contributed by atoms with Crippen molar-refractivity contribution in [3.63, 3.8) is 0 Å². The molecular weight excluding hydrogens is 391 g/mol.